The molecule has 1 aliphatic heterocycles. The van der Waals surface area contributed by atoms with Gasteiger partial charge in [0.05, 0.1) is 18.1 Å². The molecule has 1 aliphatic rings. The largest absolute Gasteiger partial charge is 0.477 e. The molecule has 1 aromatic heterocycles. The summed E-state index contributed by atoms with van der Waals surface area (Å²) in [6.45, 7) is 3.11. The number of non-ortho nitro benzene ring substituents is 1. The van der Waals surface area contributed by atoms with E-state index in [1.807, 2.05) is 24.3 Å². The third-order valence-electron chi connectivity index (χ3n) is 4.72. The molecule has 0 radical (unpaired) electrons. The quantitative estimate of drug-likeness (QED) is 0.457. The highest BCUT2D eigenvalue weighted by atomic mass is 16.6. The highest BCUT2D eigenvalue weighted by molar-refractivity contribution is 6.03. The van der Waals surface area contributed by atoms with Gasteiger partial charge in [0.1, 0.15) is 11.2 Å². The number of nitrogens with one attached hydrogen (secondary N) is 2. The molecule has 0 aliphatic carbocycles. The van der Waals surface area contributed by atoms with Crippen LogP contribution in [0, 0.1) is 10.1 Å². The van der Waals surface area contributed by atoms with E-state index in [9.17, 15) is 20.0 Å². The van der Waals surface area contributed by atoms with E-state index in [1.54, 1.807) is 6.07 Å². The van der Waals surface area contributed by atoms with E-state index >= 15 is 0 Å². The van der Waals surface area contributed by atoms with E-state index in [2.05, 4.69) is 15.2 Å². The summed E-state index contributed by atoms with van der Waals surface area (Å²) in [5.74, 6) is -1.17. The molecule has 9 nitrogen and oxygen atoms in total. The van der Waals surface area contributed by atoms with Gasteiger partial charge in [-0.05, 0) is 36.4 Å². The van der Waals surface area contributed by atoms with Crippen LogP contribution in [-0.2, 0) is 4.74 Å². The second kappa shape index (κ2) is 7.20. The zero-order valence-corrected chi connectivity index (χ0v) is 14.8. The Bertz CT molecular complexity index is 1040. The number of morpholine rings is 1. The van der Waals surface area contributed by atoms with E-state index in [-0.39, 0.29) is 16.9 Å². The lowest BCUT2D eigenvalue weighted by Crippen LogP contribution is -2.36. The van der Waals surface area contributed by atoms with E-state index < -0.39 is 10.9 Å². The molecule has 2 heterocycles. The van der Waals surface area contributed by atoms with Gasteiger partial charge in [-0.25, -0.2) is 4.79 Å². The first-order valence-electron chi connectivity index (χ1n) is 8.76. The van der Waals surface area contributed by atoms with Crippen LogP contribution in [0.25, 0.3) is 10.9 Å². The predicted octanol–water partition coefficient (Wildman–Crippen LogP) is 3.35. The molecule has 4 rings (SSSR count). The van der Waals surface area contributed by atoms with Gasteiger partial charge in [-0.3, -0.25) is 10.1 Å². The number of carbonyl (C=O) groups is 1. The first kappa shape index (κ1) is 17.8. The number of fused-ring (bicyclic) bond motifs is 1. The topological polar surface area (TPSA) is 121 Å². The Labute approximate surface area is 159 Å². The number of carboxylic acid groups (broad SMARTS) is 1. The maximum Gasteiger partial charge on any atom is 0.352 e. The molecule has 2 aromatic carbocycles. The number of rotatable bonds is 5. The molecule has 0 bridgehead atoms. The number of H-pyrrole nitrogens is 1. The molecule has 28 heavy (non-hydrogen) atoms. The molecule has 1 fully saturated rings. The fourth-order valence-corrected chi connectivity index (χ4v) is 3.31. The summed E-state index contributed by atoms with van der Waals surface area (Å²) in [6, 6.07) is 12.2. The van der Waals surface area contributed by atoms with Gasteiger partial charge in [-0.2, -0.15) is 0 Å². The number of aromatic amines is 1. The minimum Gasteiger partial charge on any atom is -0.477 e. The molecule has 0 saturated carbocycles. The summed E-state index contributed by atoms with van der Waals surface area (Å²) in [5, 5.41) is 24.1. The van der Waals surface area contributed by atoms with Crippen molar-refractivity contribution in [2.24, 2.45) is 0 Å². The van der Waals surface area contributed by atoms with Gasteiger partial charge in [0.2, 0.25) is 0 Å². The number of hydrogen-bond acceptors (Lipinski definition) is 6. The van der Waals surface area contributed by atoms with Gasteiger partial charge in [0, 0.05) is 41.6 Å². The molecule has 0 atom stereocenters. The van der Waals surface area contributed by atoms with Crippen LogP contribution in [-0.4, -0.2) is 47.3 Å². The summed E-state index contributed by atoms with van der Waals surface area (Å²) in [4.78, 5) is 26.9. The lowest BCUT2D eigenvalue weighted by atomic mass is 10.1. The van der Waals surface area contributed by atoms with Crippen LogP contribution in [0.1, 0.15) is 10.5 Å². The fraction of sp³-hybridized carbons (Fsp3) is 0.211. The molecule has 9 heteroatoms. The lowest BCUT2D eigenvalue weighted by Gasteiger charge is -2.29. The zero-order valence-electron chi connectivity index (χ0n) is 14.8. The minimum absolute atomic E-state index is 0.102. The van der Waals surface area contributed by atoms with Crippen molar-refractivity contribution in [2.45, 2.75) is 0 Å². The Morgan fingerprint density at radius 3 is 2.54 bits per heavy atom. The molecule has 144 valence electrons. The van der Waals surface area contributed by atoms with E-state index in [1.165, 1.54) is 12.1 Å². The van der Waals surface area contributed by atoms with Crippen LogP contribution < -0.4 is 10.2 Å². The summed E-state index contributed by atoms with van der Waals surface area (Å²) < 4.78 is 5.36. The standard InChI is InChI=1S/C19H18N4O5/c24-19(25)16-11-14-15(5-6-17(23(26)27)18(14)21-16)20-12-1-3-13(4-2-12)22-7-9-28-10-8-22/h1-6,11,20-21H,7-10H2,(H,24,25). The van der Waals surface area contributed by atoms with Crippen molar-refractivity contribution < 1.29 is 19.6 Å². The van der Waals surface area contributed by atoms with E-state index in [4.69, 9.17) is 4.74 Å². The Kier molecular flexibility index (Phi) is 4.58. The van der Waals surface area contributed by atoms with Crippen LogP contribution >= 0.6 is 0 Å². The number of hydrogen-bond donors (Lipinski definition) is 3. The van der Waals surface area contributed by atoms with Crippen LogP contribution in [0.2, 0.25) is 0 Å². The highest BCUT2D eigenvalue weighted by Gasteiger charge is 2.19. The highest BCUT2D eigenvalue weighted by Crippen LogP contribution is 2.34. The molecule has 1 saturated heterocycles. The Hall–Kier alpha value is -3.59. The number of carboxylic acids is 1. The average Bonchev–Trinajstić information content (AvgIpc) is 3.15. The first-order valence-corrected chi connectivity index (χ1v) is 8.76. The number of aromatic nitrogens is 1. The van der Waals surface area contributed by atoms with Gasteiger partial charge >= 0.3 is 5.97 Å². The van der Waals surface area contributed by atoms with Crippen molar-refractivity contribution in [1.82, 2.24) is 4.98 Å². The van der Waals surface area contributed by atoms with Gasteiger partial charge < -0.3 is 25.0 Å². The summed E-state index contributed by atoms with van der Waals surface area (Å²) >= 11 is 0. The molecule has 0 amide bonds. The molecular weight excluding hydrogens is 364 g/mol. The summed E-state index contributed by atoms with van der Waals surface area (Å²) in [6.07, 6.45) is 0. The zero-order chi connectivity index (χ0) is 19.7. The number of nitro benzene ring substituents is 1. The lowest BCUT2D eigenvalue weighted by molar-refractivity contribution is -0.383. The van der Waals surface area contributed by atoms with Crippen molar-refractivity contribution in [3.8, 4) is 0 Å². The maximum absolute atomic E-state index is 11.3. The Balaban J connectivity index is 1.65. The molecular formula is C19H18N4O5. The average molecular weight is 382 g/mol. The number of benzene rings is 2. The molecule has 3 aromatic rings. The number of aromatic carboxylic acids is 1. The van der Waals surface area contributed by atoms with Crippen molar-refractivity contribution >= 4 is 39.6 Å². The number of nitrogens with zero attached hydrogens (tertiary/aromatic N) is 2. The minimum atomic E-state index is -1.17. The van der Waals surface area contributed by atoms with Crippen molar-refractivity contribution in [1.29, 1.82) is 0 Å². The normalized spacial score (nSPS) is 14.2. The van der Waals surface area contributed by atoms with Crippen molar-refractivity contribution in [3.63, 3.8) is 0 Å². The maximum atomic E-state index is 11.3. The smallest absolute Gasteiger partial charge is 0.352 e. The molecule has 3 N–H and O–H groups in total. The van der Waals surface area contributed by atoms with E-state index in [0.29, 0.717) is 24.3 Å². The SMILES string of the molecule is O=C(O)c1cc2c(Nc3ccc(N4CCOCC4)cc3)ccc([N+](=O)[O-])c2[nH]1. The first-order chi connectivity index (χ1) is 13.5. The summed E-state index contributed by atoms with van der Waals surface area (Å²) in [7, 11) is 0. The molecule has 0 unspecified atom stereocenters. The fourth-order valence-electron chi connectivity index (χ4n) is 3.31. The molecule has 0 spiro atoms. The second-order valence-electron chi connectivity index (χ2n) is 6.44. The van der Waals surface area contributed by atoms with Crippen LogP contribution in [0.4, 0.5) is 22.7 Å². The van der Waals surface area contributed by atoms with Crippen LogP contribution in [0.3, 0.4) is 0 Å². The van der Waals surface area contributed by atoms with Gasteiger partial charge in [-0.1, -0.05) is 0 Å². The Morgan fingerprint density at radius 2 is 1.89 bits per heavy atom. The number of ether oxygens (including phenoxy) is 1. The summed E-state index contributed by atoms with van der Waals surface area (Å²) in [5.41, 5.74) is 2.38. The van der Waals surface area contributed by atoms with Gasteiger partial charge in [-0.15, -0.1) is 0 Å². The van der Waals surface area contributed by atoms with Crippen molar-refractivity contribution in [3.05, 3.63) is 58.3 Å². The third-order valence-corrected chi connectivity index (χ3v) is 4.72. The number of anilines is 3. The van der Waals surface area contributed by atoms with Gasteiger partial charge in [0.15, 0.2) is 0 Å². The second-order valence-corrected chi connectivity index (χ2v) is 6.44. The number of nitro groups is 1. The van der Waals surface area contributed by atoms with Gasteiger partial charge in [0.25, 0.3) is 5.69 Å². The van der Waals surface area contributed by atoms with Crippen LogP contribution in [0.5, 0.6) is 0 Å². The van der Waals surface area contributed by atoms with Crippen LogP contribution in [0.15, 0.2) is 42.5 Å². The third kappa shape index (κ3) is 3.35. The Morgan fingerprint density at radius 1 is 1.18 bits per heavy atom. The van der Waals surface area contributed by atoms with E-state index in [0.717, 1.165) is 24.5 Å². The van der Waals surface area contributed by atoms with Crippen molar-refractivity contribution in [2.75, 3.05) is 36.5 Å². The monoisotopic (exact) mass is 382 g/mol. The predicted molar refractivity (Wildman–Crippen MR) is 105 cm³/mol.